The average molecular weight is 350 g/mol. The van der Waals surface area contributed by atoms with E-state index in [1.807, 2.05) is 0 Å². The van der Waals surface area contributed by atoms with Crippen LogP contribution in [0.4, 0.5) is 36.4 Å². The summed E-state index contributed by atoms with van der Waals surface area (Å²) in [7, 11) is 1.36. The molecule has 1 aromatic rings. The number of ether oxygens (including phenoxy) is 1. The molecule has 0 radical (unpaired) electrons. The molecule has 0 fully saturated rings. The van der Waals surface area contributed by atoms with Crippen molar-refractivity contribution in [3.63, 3.8) is 0 Å². The minimum atomic E-state index is -5.59. The molecule has 11 heteroatoms. The molecular weight excluding hydrogens is 341 g/mol. The van der Waals surface area contributed by atoms with Crippen LogP contribution in [0.3, 0.4) is 0 Å². The second kappa shape index (κ2) is 7.09. The summed E-state index contributed by atoms with van der Waals surface area (Å²) in [5.41, 5.74) is -4.11. The van der Waals surface area contributed by atoms with E-state index >= 15 is 0 Å². The molecule has 0 aliphatic carbocycles. The summed E-state index contributed by atoms with van der Waals surface area (Å²) < 4.78 is 95.5. The van der Waals surface area contributed by atoms with Crippen molar-refractivity contribution in [2.45, 2.75) is 6.18 Å². The zero-order valence-electron chi connectivity index (χ0n) is 10.9. The van der Waals surface area contributed by atoms with E-state index in [1.54, 1.807) is 5.32 Å². The van der Waals surface area contributed by atoms with Crippen molar-refractivity contribution in [2.24, 2.45) is 0 Å². The van der Waals surface area contributed by atoms with Crippen LogP contribution in [0.15, 0.2) is 0 Å². The van der Waals surface area contributed by atoms with Gasteiger partial charge >= 0.3 is 6.18 Å². The van der Waals surface area contributed by atoms with E-state index in [1.165, 1.54) is 7.11 Å². The highest BCUT2D eigenvalue weighted by Crippen LogP contribution is 2.38. The number of hydrogen-bond acceptors (Lipinski definition) is 2. The Morgan fingerprint density at radius 3 is 1.95 bits per heavy atom. The van der Waals surface area contributed by atoms with Crippen molar-refractivity contribution in [3.05, 3.63) is 28.8 Å². The van der Waals surface area contributed by atoms with E-state index in [0.717, 1.165) is 0 Å². The second-order valence-electron chi connectivity index (χ2n) is 3.88. The maximum Gasteiger partial charge on any atom is 0.422 e. The third-order valence-electron chi connectivity index (χ3n) is 2.38. The number of hydrogen-bond donors (Lipinski definition) is 2. The van der Waals surface area contributed by atoms with Crippen molar-refractivity contribution in [1.29, 1.82) is 0 Å². The summed E-state index contributed by atoms with van der Waals surface area (Å²) in [5.74, 6) is -9.59. The van der Waals surface area contributed by atoms with Crippen LogP contribution in [0.1, 0.15) is 5.56 Å². The fourth-order valence-electron chi connectivity index (χ4n) is 1.41. The summed E-state index contributed by atoms with van der Waals surface area (Å²) in [6.07, 6.45) is -5.59. The molecule has 0 saturated heterocycles. The van der Waals surface area contributed by atoms with Gasteiger partial charge in [-0.25, -0.2) is 17.6 Å². The Bertz CT molecular complexity index is 548. The smallest absolute Gasteiger partial charge is 0.383 e. The van der Waals surface area contributed by atoms with Gasteiger partial charge in [0.05, 0.1) is 6.61 Å². The van der Waals surface area contributed by atoms with Crippen LogP contribution in [0, 0.1) is 23.3 Å². The molecule has 0 aromatic heterocycles. The first-order chi connectivity index (χ1) is 10.1. The first-order valence-corrected chi connectivity index (χ1v) is 5.99. The van der Waals surface area contributed by atoms with Crippen LogP contribution in [-0.2, 0) is 10.9 Å². The highest BCUT2D eigenvalue weighted by molar-refractivity contribution is 7.80. The van der Waals surface area contributed by atoms with E-state index in [2.05, 4.69) is 22.3 Å². The number of thiocarbonyl (C=S) groups is 1. The quantitative estimate of drug-likeness (QED) is 0.378. The minimum Gasteiger partial charge on any atom is -0.383 e. The lowest BCUT2D eigenvalue weighted by molar-refractivity contribution is -0.143. The van der Waals surface area contributed by atoms with Crippen molar-refractivity contribution in [1.82, 2.24) is 5.32 Å². The molecular formula is C11H9F7N2OS. The molecule has 0 spiro atoms. The maximum atomic E-state index is 13.5. The second-order valence-corrected chi connectivity index (χ2v) is 4.29. The molecule has 0 bridgehead atoms. The molecule has 22 heavy (non-hydrogen) atoms. The van der Waals surface area contributed by atoms with Crippen LogP contribution in [0.25, 0.3) is 0 Å². The van der Waals surface area contributed by atoms with Gasteiger partial charge in [0.2, 0.25) is 0 Å². The first kappa shape index (κ1) is 18.4. The Morgan fingerprint density at radius 1 is 1.05 bits per heavy atom. The molecule has 0 aliphatic heterocycles. The summed E-state index contributed by atoms with van der Waals surface area (Å²) >= 11 is 4.58. The van der Waals surface area contributed by atoms with Gasteiger partial charge in [0.1, 0.15) is 11.3 Å². The molecule has 0 atom stereocenters. The Morgan fingerprint density at radius 2 is 1.55 bits per heavy atom. The fourth-order valence-corrected chi connectivity index (χ4v) is 1.62. The number of halogens is 7. The third-order valence-corrected chi connectivity index (χ3v) is 2.62. The van der Waals surface area contributed by atoms with Crippen molar-refractivity contribution in [2.75, 3.05) is 25.6 Å². The van der Waals surface area contributed by atoms with Gasteiger partial charge in [-0.3, -0.25) is 0 Å². The van der Waals surface area contributed by atoms with E-state index in [4.69, 9.17) is 0 Å². The monoisotopic (exact) mass is 350 g/mol. The molecule has 0 amide bonds. The highest BCUT2D eigenvalue weighted by atomic mass is 32.1. The number of anilines is 1. The van der Waals surface area contributed by atoms with Crippen molar-refractivity contribution < 1.29 is 35.5 Å². The van der Waals surface area contributed by atoms with Gasteiger partial charge in [0.15, 0.2) is 28.4 Å². The third kappa shape index (κ3) is 3.97. The summed E-state index contributed by atoms with van der Waals surface area (Å²) in [6, 6.07) is 0. The Balaban J connectivity index is 3.16. The number of benzene rings is 1. The van der Waals surface area contributed by atoms with E-state index in [-0.39, 0.29) is 13.2 Å². The molecule has 2 N–H and O–H groups in total. The molecule has 0 aliphatic rings. The van der Waals surface area contributed by atoms with Crippen molar-refractivity contribution in [3.8, 4) is 0 Å². The maximum absolute atomic E-state index is 13.5. The average Bonchev–Trinajstić information content (AvgIpc) is 2.40. The topological polar surface area (TPSA) is 33.3 Å². The number of methoxy groups -OCH3 is 1. The Labute approximate surface area is 125 Å². The molecule has 124 valence electrons. The van der Waals surface area contributed by atoms with E-state index in [9.17, 15) is 30.7 Å². The zero-order valence-corrected chi connectivity index (χ0v) is 11.7. The van der Waals surface area contributed by atoms with Gasteiger partial charge in [-0.15, -0.1) is 0 Å². The SMILES string of the molecule is COCCNC(=S)Nc1c(F)c(F)c(C(F)(F)F)c(F)c1F. The Kier molecular flexibility index (Phi) is 5.94. The lowest BCUT2D eigenvalue weighted by atomic mass is 10.1. The van der Waals surface area contributed by atoms with Gasteiger partial charge < -0.3 is 15.4 Å². The van der Waals surface area contributed by atoms with Crippen molar-refractivity contribution >= 4 is 23.0 Å². The zero-order chi connectivity index (χ0) is 17.1. The van der Waals surface area contributed by atoms with Gasteiger partial charge in [-0.05, 0) is 12.2 Å². The number of rotatable bonds is 4. The van der Waals surface area contributed by atoms with Gasteiger partial charge in [-0.1, -0.05) is 0 Å². The minimum absolute atomic E-state index is 0.0944. The first-order valence-electron chi connectivity index (χ1n) is 5.58. The van der Waals surface area contributed by atoms with Gasteiger partial charge in [-0.2, -0.15) is 13.2 Å². The molecule has 0 unspecified atom stereocenters. The predicted octanol–water partition coefficient (Wildman–Crippen LogP) is 3.19. The van der Waals surface area contributed by atoms with Crippen LogP contribution in [0.2, 0.25) is 0 Å². The molecule has 3 nitrogen and oxygen atoms in total. The molecule has 1 aromatic carbocycles. The van der Waals surface area contributed by atoms with Gasteiger partial charge in [0, 0.05) is 13.7 Å². The normalized spacial score (nSPS) is 11.5. The van der Waals surface area contributed by atoms with Crippen LogP contribution in [0.5, 0.6) is 0 Å². The summed E-state index contributed by atoms with van der Waals surface area (Å²) in [4.78, 5) is 0. The van der Waals surface area contributed by atoms with Crippen LogP contribution >= 0.6 is 12.2 Å². The van der Waals surface area contributed by atoms with Crippen LogP contribution in [-0.4, -0.2) is 25.4 Å². The largest absolute Gasteiger partial charge is 0.422 e. The fraction of sp³-hybridized carbons (Fsp3) is 0.364. The lowest BCUT2D eigenvalue weighted by Gasteiger charge is -2.16. The van der Waals surface area contributed by atoms with Crippen LogP contribution < -0.4 is 10.6 Å². The summed E-state index contributed by atoms with van der Waals surface area (Å²) in [6.45, 7) is 0.250. The van der Waals surface area contributed by atoms with E-state index in [0.29, 0.717) is 0 Å². The standard InChI is InChI=1S/C11H9F7N2OS/c1-21-3-2-19-10(22)20-9-7(14)5(12)4(11(16,17)18)6(13)8(9)15/h2-3H2,1H3,(H2,19,20,22). The van der Waals surface area contributed by atoms with E-state index < -0.39 is 45.8 Å². The van der Waals surface area contributed by atoms with Gasteiger partial charge in [0.25, 0.3) is 0 Å². The molecule has 1 rings (SSSR count). The number of nitrogens with one attached hydrogen (secondary N) is 2. The lowest BCUT2D eigenvalue weighted by Crippen LogP contribution is -2.32. The number of alkyl halides is 3. The summed E-state index contributed by atoms with van der Waals surface area (Å²) in [5, 5.41) is 3.68. The predicted molar refractivity (Wildman–Crippen MR) is 67.4 cm³/mol. The molecule has 0 heterocycles. The highest BCUT2D eigenvalue weighted by Gasteiger charge is 2.42. The molecule has 0 saturated carbocycles. The Hall–Kier alpha value is -1.62.